The van der Waals surface area contributed by atoms with Gasteiger partial charge in [0.05, 0.1) is 16.0 Å². The molecular formula is C18H14N2O2S4. The van der Waals surface area contributed by atoms with Crippen molar-refractivity contribution < 1.29 is 4.79 Å². The Morgan fingerprint density at radius 1 is 1.27 bits per heavy atom. The number of carbonyl (C=O) groups is 1. The molecule has 0 atom stereocenters. The molecule has 4 nitrogen and oxygen atoms in total. The van der Waals surface area contributed by atoms with E-state index in [1.165, 1.54) is 34.4 Å². The highest BCUT2D eigenvalue weighted by Gasteiger charge is 2.17. The molecule has 4 aromatic heterocycles. The van der Waals surface area contributed by atoms with Crippen LogP contribution >= 0.6 is 45.8 Å². The van der Waals surface area contributed by atoms with Crippen LogP contribution in [0.15, 0.2) is 45.0 Å². The van der Waals surface area contributed by atoms with E-state index in [2.05, 4.69) is 4.98 Å². The van der Waals surface area contributed by atoms with E-state index in [0.717, 1.165) is 25.0 Å². The van der Waals surface area contributed by atoms with Gasteiger partial charge in [0.2, 0.25) is 0 Å². The topological polar surface area (TPSA) is 52.0 Å². The molecule has 0 fully saturated rings. The van der Waals surface area contributed by atoms with Gasteiger partial charge in [0.25, 0.3) is 5.56 Å². The second-order valence-corrected chi connectivity index (χ2v) is 9.72. The van der Waals surface area contributed by atoms with Crippen molar-refractivity contribution in [3.8, 4) is 10.4 Å². The van der Waals surface area contributed by atoms with Gasteiger partial charge in [-0.05, 0) is 30.5 Å². The van der Waals surface area contributed by atoms with Gasteiger partial charge in [0, 0.05) is 27.7 Å². The smallest absolute Gasteiger partial charge is 0.263 e. The Bertz CT molecular complexity index is 1150. The number of aryl methyl sites for hydroxylation is 1. The van der Waals surface area contributed by atoms with Crippen LogP contribution in [-0.4, -0.2) is 21.1 Å². The third-order valence-corrected chi connectivity index (χ3v) is 7.76. The monoisotopic (exact) mass is 418 g/mol. The highest BCUT2D eigenvalue weighted by atomic mass is 32.2. The fraction of sp³-hybridized carbons (Fsp3) is 0.167. The van der Waals surface area contributed by atoms with Gasteiger partial charge in [-0.3, -0.25) is 14.2 Å². The molecule has 0 bridgehead atoms. The summed E-state index contributed by atoms with van der Waals surface area (Å²) < 4.78 is 1.55. The van der Waals surface area contributed by atoms with Crippen LogP contribution in [-0.2, 0) is 7.05 Å². The summed E-state index contributed by atoms with van der Waals surface area (Å²) in [6, 6.07) is 7.78. The summed E-state index contributed by atoms with van der Waals surface area (Å²) in [4.78, 5) is 33.5. The van der Waals surface area contributed by atoms with Crippen molar-refractivity contribution in [3.63, 3.8) is 0 Å². The van der Waals surface area contributed by atoms with E-state index in [-0.39, 0.29) is 17.1 Å². The molecule has 0 aliphatic rings. The Hall–Kier alpha value is -1.74. The number of hydrogen-bond acceptors (Lipinski definition) is 7. The average Bonchev–Trinajstić information content (AvgIpc) is 3.36. The van der Waals surface area contributed by atoms with E-state index in [0.29, 0.717) is 10.5 Å². The zero-order valence-corrected chi connectivity index (χ0v) is 17.3. The van der Waals surface area contributed by atoms with Crippen LogP contribution in [0.25, 0.3) is 20.7 Å². The van der Waals surface area contributed by atoms with Crippen LogP contribution in [0.2, 0.25) is 0 Å². The number of carbonyl (C=O) groups excluding carboxylic acids is 1. The number of thioether (sulfide) groups is 1. The number of Topliss-reactive ketones (excluding diaryl/α,β-unsaturated/α-hetero) is 1. The first-order valence-corrected chi connectivity index (χ1v) is 11.4. The van der Waals surface area contributed by atoms with E-state index in [1.54, 1.807) is 23.0 Å². The van der Waals surface area contributed by atoms with Crippen LogP contribution in [0.1, 0.15) is 14.5 Å². The molecule has 0 radical (unpaired) electrons. The fourth-order valence-electron chi connectivity index (χ4n) is 2.58. The SMILES string of the molecule is Cc1ccc(C(=O)CSc2nc3scc(-c4cccs4)c3c(=O)n2C)s1. The first-order chi connectivity index (χ1) is 12.5. The Morgan fingerprint density at radius 2 is 2.12 bits per heavy atom. The molecule has 132 valence electrons. The third-order valence-electron chi connectivity index (χ3n) is 3.91. The third kappa shape index (κ3) is 3.18. The summed E-state index contributed by atoms with van der Waals surface area (Å²) in [5.41, 5.74) is 0.872. The van der Waals surface area contributed by atoms with Crippen molar-refractivity contribution in [1.82, 2.24) is 9.55 Å². The minimum Gasteiger partial charge on any atom is -0.292 e. The Morgan fingerprint density at radius 3 is 2.81 bits per heavy atom. The molecule has 4 aromatic rings. The molecule has 0 aliphatic carbocycles. The number of thiophene rings is 3. The van der Waals surface area contributed by atoms with E-state index >= 15 is 0 Å². The lowest BCUT2D eigenvalue weighted by atomic mass is 10.2. The maximum Gasteiger partial charge on any atom is 0.263 e. The van der Waals surface area contributed by atoms with Gasteiger partial charge in [-0.15, -0.1) is 34.0 Å². The zero-order chi connectivity index (χ0) is 18.3. The molecule has 0 N–H and O–H groups in total. The largest absolute Gasteiger partial charge is 0.292 e. The van der Waals surface area contributed by atoms with E-state index in [4.69, 9.17) is 0 Å². The van der Waals surface area contributed by atoms with Crippen LogP contribution in [0.5, 0.6) is 0 Å². The first kappa shape index (κ1) is 17.7. The molecule has 0 unspecified atom stereocenters. The Kier molecular flexibility index (Phi) is 4.83. The molecule has 4 heterocycles. The van der Waals surface area contributed by atoms with Gasteiger partial charge < -0.3 is 0 Å². The van der Waals surface area contributed by atoms with Crippen molar-refractivity contribution in [2.24, 2.45) is 7.05 Å². The number of nitrogens with zero attached hydrogens (tertiary/aromatic N) is 2. The quantitative estimate of drug-likeness (QED) is 0.258. The van der Waals surface area contributed by atoms with Gasteiger partial charge in [-0.25, -0.2) is 4.98 Å². The van der Waals surface area contributed by atoms with Gasteiger partial charge in [0.1, 0.15) is 4.83 Å². The van der Waals surface area contributed by atoms with Crippen LogP contribution in [0.4, 0.5) is 0 Å². The average molecular weight is 419 g/mol. The number of hydrogen-bond donors (Lipinski definition) is 0. The van der Waals surface area contributed by atoms with Crippen molar-refractivity contribution >= 4 is 61.8 Å². The number of fused-ring (bicyclic) bond motifs is 1. The van der Waals surface area contributed by atoms with Crippen molar-refractivity contribution in [1.29, 1.82) is 0 Å². The van der Waals surface area contributed by atoms with E-state index in [1.807, 2.05) is 41.9 Å². The maximum absolute atomic E-state index is 12.9. The lowest BCUT2D eigenvalue weighted by Gasteiger charge is -2.07. The van der Waals surface area contributed by atoms with Crippen LogP contribution in [0.3, 0.4) is 0 Å². The minimum absolute atomic E-state index is 0.0629. The lowest BCUT2D eigenvalue weighted by Crippen LogP contribution is -2.20. The van der Waals surface area contributed by atoms with E-state index < -0.39 is 0 Å². The highest BCUT2D eigenvalue weighted by molar-refractivity contribution is 7.99. The number of rotatable bonds is 5. The summed E-state index contributed by atoms with van der Waals surface area (Å²) in [6.45, 7) is 1.98. The molecule has 0 spiro atoms. The van der Waals surface area contributed by atoms with Crippen LogP contribution in [0, 0.1) is 6.92 Å². The molecular weight excluding hydrogens is 404 g/mol. The number of ketones is 1. The summed E-state index contributed by atoms with van der Waals surface area (Å²) in [5.74, 6) is 0.336. The Labute approximate surface area is 166 Å². The molecule has 0 saturated carbocycles. The summed E-state index contributed by atoms with van der Waals surface area (Å²) in [6.07, 6.45) is 0. The van der Waals surface area contributed by atoms with Crippen LogP contribution < -0.4 is 5.56 Å². The predicted molar refractivity (Wildman–Crippen MR) is 112 cm³/mol. The van der Waals surface area contributed by atoms with Crippen molar-refractivity contribution in [2.75, 3.05) is 5.75 Å². The molecule has 0 amide bonds. The maximum atomic E-state index is 12.9. The molecule has 8 heteroatoms. The molecule has 0 aliphatic heterocycles. The molecule has 0 saturated heterocycles. The van der Waals surface area contributed by atoms with Gasteiger partial charge >= 0.3 is 0 Å². The van der Waals surface area contributed by atoms with Crippen molar-refractivity contribution in [2.45, 2.75) is 12.1 Å². The zero-order valence-electron chi connectivity index (χ0n) is 14.0. The number of aromatic nitrogens is 2. The lowest BCUT2D eigenvalue weighted by molar-refractivity contribution is 0.102. The summed E-state index contributed by atoms with van der Waals surface area (Å²) in [7, 11) is 1.72. The van der Waals surface area contributed by atoms with Gasteiger partial charge in [-0.2, -0.15) is 0 Å². The first-order valence-electron chi connectivity index (χ1n) is 7.79. The minimum atomic E-state index is -0.0680. The van der Waals surface area contributed by atoms with Gasteiger partial charge in [-0.1, -0.05) is 17.8 Å². The summed E-state index contributed by atoms with van der Waals surface area (Å²) >= 11 is 5.89. The normalized spacial score (nSPS) is 11.3. The standard InChI is InChI=1S/C18H14N2O2S4/c1-10-5-6-14(26-10)12(21)9-25-18-19-16-15(17(22)20(18)2)11(8-24-16)13-4-3-7-23-13/h3-8H,9H2,1-2H3. The second-order valence-electron chi connectivity index (χ2n) is 5.69. The van der Waals surface area contributed by atoms with Gasteiger partial charge in [0.15, 0.2) is 10.9 Å². The summed E-state index contributed by atoms with van der Waals surface area (Å²) in [5, 5.41) is 5.21. The molecule has 0 aromatic carbocycles. The molecule has 26 heavy (non-hydrogen) atoms. The fourth-order valence-corrected chi connectivity index (χ4v) is 6.14. The highest BCUT2D eigenvalue weighted by Crippen LogP contribution is 2.34. The molecule has 4 rings (SSSR count). The predicted octanol–water partition coefficient (Wildman–Crippen LogP) is 5.07. The second kappa shape index (κ2) is 7.11. The Balaban J connectivity index is 1.66. The van der Waals surface area contributed by atoms with E-state index in [9.17, 15) is 9.59 Å². The van der Waals surface area contributed by atoms with Crippen molar-refractivity contribution in [3.05, 3.63) is 55.1 Å².